The lowest BCUT2D eigenvalue weighted by Crippen LogP contribution is -2.49. The van der Waals surface area contributed by atoms with Gasteiger partial charge >= 0.3 is 0 Å². The van der Waals surface area contributed by atoms with Crippen molar-refractivity contribution in [1.82, 2.24) is 4.90 Å². The van der Waals surface area contributed by atoms with E-state index < -0.39 is 11.5 Å². The number of ether oxygens (including phenoxy) is 1. The van der Waals surface area contributed by atoms with Crippen LogP contribution in [0.1, 0.15) is 26.5 Å². The number of amides is 1. The second kappa shape index (κ2) is 7.16. The average Bonchev–Trinajstić information content (AvgIpc) is 3.20. The van der Waals surface area contributed by atoms with Gasteiger partial charge in [0.1, 0.15) is 0 Å². The predicted molar refractivity (Wildman–Crippen MR) is 103 cm³/mol. The van der Waals surface area contributed by atoms with Crippen molar-refractivity contribution in [1.29, 1.82) is 0 Å². The van der Waals surface area contributed by atoms with Crippen molar-refractivity contribution >= 4 is 28.7 Å². The molecule has 4 rings (SSSR count). The molecule has 0 radical (unpaired) electrons. The minimum absolute atomic E-state index is 0.216. The molecular weight excluding hydrogens is 364 g/mol. The van der Waals surface area contributed by atoms with Gasteiger partial charge in [-0.15, -0.1) is 11.3 Å². The molecule has 142 valence electrons. The molecule has 1 fully saturated rings. The van der Waals surface area contributed by atoms with E-state index >= 15 is 0 Å². The lowest BCUT2D eigenvalue weighted by Gasteiger charge is -2.31. The molecule has 0 saturated carbocycles. The topological polar surface area (TPSA) is 70.1 Å². The highest BCUT2D eigenvalue weighted by Gasteiger charge is 2.51. The third-order valence-electron chi connectivity index (χ3n) is 5.12. The maximum Gasteiger partial charge on any atom is 0.265 e. The van der Waals surface area contributed by atoms with Crippen LogP contribution >= 0.6 is 11.3 Å². The number of rotatable bonds is 5. The predicted octanol–water partition coefficient (Wildman–Crippen LogP) is 2.15. The van der Waals surface area contributed by atoms with E-state index in [1.54, 1.807) is 23.1 Å². The van der Waals surface area contributed by atoms with Crippen LogP contribution in [0, 0.1) is 6.92 Å². The van der Waals surface area contributed by atoms with Crippen molar-refractivity contribution in [2.24, 2.45) is 0 Å². The number of fused-ring (bicyclic) bond motifs is 1. The zero-order valence-corrected chi connectivity index (χ0v) is 16.0. The maximum atomic E-state index is 13.2. The van der Waals surface area contributed by atoms with Crippen molar-refractivity contribution in [3.05, 3.63) is 51.7 Å². The quantitative estimate of drug-likeness (QED) is 0.798. The van der Waals surface area contributed by atoms with Crippen LogP contribution in [-0.4, -0.2) is 54.7 Å². The summed E-state index contributed by atoms with van der Waals surface area (Å²) in [6, 6.07) is 10.8. The second-order valence-electron chi connectivity index (χ2n) is 6.99. The van der Waals surface area contributed by atoms with Gasteiger partial charge in [0.25, 0.3) is 5.91 Å². The van der Waals surface area contributed by atoms with Gasteiger partial charge in [-0.2, -0.15) is 0 Å². The first-order chi connectivity index (χ1) is 13.0. The Morgan fingerprint density at radius 3 is 2.67 bits per heavy atom. The number of Topliss-reactive ketones (excluding diaryl/α,β-unsaturated/α-hetero) is 1. The average molecular weight is 386 g/mol. The molecule has 0 bridgehead atoms. The van der Waals surface area contributed by atoms with E-state index in [0.717, 1.165) is 18.0 Å². The van der Waals surface area contributed by atoms with Crippen molar-refractivity contribution in [2.45, 2.75) is 18.9 Å². The van der Waals surface area contributed by atoms with E-state index in [1.807, 2.05) is 25.1 Å². The number of hydrogen-bond donors (Lipinski definition) is 1. The molecule has 0 unspecified atom stereocenters. The lowest BCUT2D eigenvalue weighted by molar-refractivity contribution is -0.136. The minimum Gasteiger partial charge on any atom is -0.379 e. The summed E-state index contributed by atoms with van der Waals surface area (Å²) in [5.41, 5.74) is -0.644. The zero-order valence-electron chi connectivity index (χ0n) is 15.2. The zero-order chi connectivity index (χ0) is 19.0. The molecule has 7 heteroatoms. The molecule has 1 amide bonds. The number of thiophene rings is 1. The van der Waals surface area contributed by atoms with Crippen LogP contribution in [-0.2, 0) is 15.1 Å². The number of benzene rings is 1. The lowest BCUT2D eigenvalue weighted by atomic mass is 9.89. The first-order valence-corrected chi connectivity index (χ1v) is 9.84. The minimum atomic E-state index is -1.82. The standard InChI is InChI=1S/C20H22N2O4S/c1-14-6-7-18(27-14)17(23)12-20(25)15-4-2-3-5-16(15)22(19(20)24)13-21-8-10-26-11-9-21/h2-7,25H,8-13H2,1H3/t20-/m0/s1. The normalized spacial score (nSPS) is 22.9. The Morgan fingerprint density at radius 2 is 1.96 bits per heavy atom. The summed E-state index contributed by atoms with van der Waals surface area (Å²) in [6.45, 7) is 5.04. The Morgan fingerprint density at radius 1 is 1.22 bits per heavy atom. The highest BCUT2D eigenvalue weighted by molar-refractivity contribution is 7.14. The Balaban J connectivity index is 1.62. The number of anilines is 1. The van der Waals surface area contributed by atoms with E-state index in [9.17, 15) is 14.7 Å². The smallest absolute Gasteiger partial charge is 0.265 e. The molecule has 0 spiro atoms. The highest BCUT2D eigenvalue weighted by atomic mass is 32.1. The van der Waals surface area contributed by atoms with E-state index in [-0.39, 0.29) is 12.2 Å². The first-order valence-electron chi connectivity index (χ1n) is 9.02. The number of morpholine rings is 1. The largest absolute Gasteiger partial charge is 0.379 e. The molecule has 2 aliphatic heterocycles. The van der Waals surface area contributed by atoms with Gasteiger partial charge in [-0.3, -0.25) is 19.4 Å². The maximum absolute atomic E-state index is 13.2. The van der Waals surface area contributed by atoms with Crippen molar-refractivity contribution in [3.63, 3.8) is 0 Å². The van der Waals surface area contributed by atoms with Crippen LogP contribution in [0.25, 0.3) is 0 Å². The summed E-state index contributed by atoms with van der Waals surface area (Å²) in [6.07, 6.45) is -0.248. The molecule has 1 aromatic heterocycles. The van der Waals surface area contributed by atoms with Crippen molar-refractivity contribution < 1.29 is 19.4 Å². The van der Waals surface area contributed by atoms with Crippen LogP contribution in [0.3, 0.4) is 0 Å². The Labute approximate surface area is 162 Å². The van der Waals surface area contributed by atoms with Gasteiger partial charge in [0.2, 0.25) is 0 Å². The van der Waals surface area contributed by atoms with Crippen LogP contribution in [0.2, 0.25) is 0 Å². The fraction of sp³-hybridized carbons (Fsp3) is 0.400. The summed E-state index contributed by atoms with van der Waals surface area (Å²) < 4.78 is 5.37. The van der Waals surface area contributed by atoms with Gasteiger partial charge < -0.3 is 9.84 Å². The first kappa shape index (κ1) is 18.3. The Bertz CT molecular complexity index is 874. The highest BCUT2D eigenvalue weighted by Crippen LogP contribution is 2.43. The summed E-state index contributed by atoms with van der Waals surface area (Å²) in [5.74, 6) is -0.649. The van der Waals surface area contributed by atoms with Crippen LogP contribution in [0.15, 0.2) is 36.4 Å². The number of hydrogen-bond acceptors (Lipinski definition) is 6. The SMILES string of the molecule is Cc1ccc(C(=O)C[C@@]2(O)C(=O)N(CN3CCOCC3)c3ccccc32)s1. The number of aryl methyl sites for hydroxylation is 1. The molecule has 27 heavy (non-hydrogen) atoms. The number of ketones is 1. The van der Waals surface area contributed by atoms with Gasteiger partial charge in [-0.05, 0) is 25.1 Å². The number of para-hydroxylation sites is 1. The summed E-state index contributed by atoms with van der Waals surface area (Å²) in [7, 11) is 0. The van der Waals surface area contributed by atoms with E-state index in [0.29, 0.717) is 36.0 Å². The van der Waals surface area contributed by atoms with Gasteiger partial charge in [0.15, 0.2) is 11.4 Å². The van der Waals surface area contributed by atoms with Crippen molar-refractivity contribution in [3.8, 4) is 0 Å². The number of aliphatic hydroxyl groups is 1. The Hall–Kier alpha value is -2.06. The second-order valence-corrected chi connectivity index (χ2v) is 8.28. The summed E-state index contributed by atoms with van der Waals surface area (Å²) in [4.78, 5) is 31.2. The van der Waals surface area contributed by atoms with Gasteiger partial charge in [0, 0.05) is 23.5 Å². The molecule has 2 aliphatic rings. The van der Waals surface area contributed by atoms with Crippen LogP contribution < -0.4 is 4.90 Å². The third kappa shape index (κ3) is 3.32. The van der Waals surface area contributed by atoms with Crippen LogP contribution in [0.4, 0.5) is 5.69 Å². The monoisotopic (exact) mass is 386 g/mol. The third-order valence-corrected chi connectivity index (χ3v) is 6.16. The molecule has 3 heterocycles. The molecular formula is C20H22N2O4S. The van der Waals surface area contributed by atoms with E-state index in [4.69, 9.17) is 4.74 Å². The molecule has 1 atom stereocenters. The fourth-order valence-electron chi connectivity index (χ4n) is 3.66. The van der Waals surface area contributed by atoms with Crippen molar-refractivity contribution in [2.75, 3.05) is 37.9 Å². The van der Waals surface area contributed by atoms with Gasteiger partial charge in [-0.1, -0.05) is 18.2 Å². The molecule has 1 aromatic carbocycles. The van der Waals surface area contributed by atoms with E-state index in [2.05, 4.69) is 4.90 Å². The van der Waals surface area contributed by atoms with Crippen LogP contribution in [0.5, 0.6) is 0 Å². The van der Waals surface area contributed by atoms with Gasteiger partial charge in [-0.25, -0.2) is 0 Å². The number of nitrogens with zero attached hydrogens (tertiary/aromatic N) is 2. The number of carbonyl (C=O) groups is 2. The molecule has 6 nitrogen and oxygen atoms in total. The molecule has 1 saturated heterocycles. The molecule has 2 aromatic rings. The fourth-order valence-corrected chi connectivity index (χ4v) is 4.47. The number of carbonyl (C=O) groups excluding carboxylic acids is 2. The van der Waals surface area contributed by atoms with Gasteiger partial charge in [0.05, 0.1) is 36.9 Å². The Kier molecular flexibility index (Phi) is 4.86. The summed E-state index contributed by atoms with van der Waals surface area (Å²) >= 11 is 1.38. The van der Waals surface area contributed by atoms with E-state index in [1.165, 1.54) is 11.3 Å². The summed E-state index contributed by atoms with van der Waals surface area (Å²) in [5, 5.41) is 11.3. The molecule has 0 aliphatic carbocycles. The molecule has 1 N–H and O–H groups in total.